The normalized spacial score (nSPS) is 13.6. The number of fused-ring (bicyclic) bond motifs is 1. The van der Waals surface area contributed by atoms with Gasteiger partial charge in [0.15, 0.2) is 0 Å². The summed E-state index contributed by atoms with van der Waals surface area (Å²) in [6.07, 6.45) is 5.48. The van der Waals surface area contributed by atoms with Crippen molar-refractivity contribution in [2.24, 2.45) is 0 Å². The van der Waals surface area contributed by atoms with E-state index in [0.29, 0.717) is 11.4 Å². The summed E-state index contributed by atoms with van der Waals surface area (Å²) in [5, 5.41) is 3.73. The van der Waals surface area contributed by atoms with Crippen LogP contribution in [0.15, 0.2) is 71.8 Å². The number of methoxy groups -OCH3 is 1. The molecule has 3 N–H and O–H groups in total. The molecule has 250 valence electrons. The van der Waals surface area contributed by atoms with Crippen LogP contribution in [0.25, 0.3) is 10.9 Å². The molecule has 1 heterocycles. The number of anilines is 1. The molecule has 3 aromatic carbocycles. The van der Waals surface area contributed by atoms with Crippen LogP contribution < -0.4 is 14.8 Å². The van der Waals surface area contributed by atoms with E-state index >= 15 is 0 Å². The Morgan fingerprint density at radius 1 is 1.02 bits per heavy atom. The molecule has 48 heavy (non-hydrogen) atoms. The van der Waals surface area contributed by atoms with E-state index in [4.69, 9.17) is 14.2 Å². The Morgan fingerprint density at radius 2 is 1.79 bits per heavy atom. The molecule has 11 nitrogen and oxygen atoms in total. The van der Waals surface area contributed by atoms with Crippen molar-refractivity contribution in [1.82, 2.24) is 9.71 Å². The molecule has 0 spiro atoms. The van der Waals surface area contributed by atoms with Gasteiger partial charge in [0.1, 0.15) is 23.4 Å². The molecule has 0 aliphatic heterocycles. The largest absolute Gasteiger partial charge is 0.496 e. The molecule has 1 saturated carbocycles. The summed E-state index contributed by atoms with van der Waals surface area (Å²) in [5.74, 6) is 4.49. The highest BCUT2D eigenvalue weighted by molar-refractivity contribution is 7.90. The van der Waals surface area contributed by atoms with Gasteiger partial charge in [0.25, 0.3) is 15.9 Å². The van der Waals surface area contributed by atoms with Gasteiger partial charge in [-0.05, 0) is 73.7 Å². The van der Waals surface area contributed by atoms with Crippen molar-refractivity contribution in [2.75, 3.05) is 19.0 Å². The third-order valence-corrected chi connectivity index (χ3v) is 9.51. The van der Waals surface area contributed by atoms with E-state index in [-0.39, 0.29) is 41.1 Å². The average Bonchev–Trinajstić information content (AvgIpc) is 3.73. The highest BCUT2D eigenvalue weighted by atomic mass is 32.2. The maximum atomic E-state index is 13.3. The minimum Gasteiger partial charge on any atom is -0.496 e. The standard InChI is InChI=1S/C36H37N3O8S/c1-23(31-22-37-32-18-16-27(21-30(31)32)38-36(42)47-28-12-5-6-13-28)29-17-15-26(20-33(29)45-3)35(41)39-48(43,44)34-14-7-4-10-25(34)11-8-9-19-46-24(2)40/h4,7,10,14-18,20-23,28,37H,5-6,9,12-13,19H2,1-3H3,(H,38,42)(H,39,41). The molecular formula is C36H37N3O8S. The van der Waals surface area contributed by atoms with Crippen molar-refractivity contribution in [3.8, 4) is 17.6 Å². The van der Waals surface area contributed by atoms with Crippen molar-refractivity contribution in [2.45, 2.75) is 62.9 Å². The first-order chi connectivity index (χ1) is 23.1. The number of hydrogen-bond acceptors (Lipinski definition) is 8. The van der Waals surface area contributed by atoms with E-state index in [0.717, 1.165) is 47.7 Å². The van der Waals surface area contributed by atoms with Gasteiger partial charge in [-0.25, -0.2) is 17.9 Å². The Balaban J connectivity index is 1.32. The Bertz CT molecular complexity index is 2000. The molecule has 1 atom stereocenters. The van der Waals surface area contributed by atoms with Gasteiger partial charge in [-0.3, -0.25) is 14.9 Å². The fourth-order valence-electron chi connectivity index (χ4n) is 5.70. The molecular weight excluding hydrogens is 634 g/mol. The zero-order chi connectivity index (χ0) is 34.3. The first-order valence-corrected chi connectivity index (χ1v) is 17.1. The number of esters is 1. The van der Waals surface area contributed by atoms with Crippen molar-refractivity contribution in [3.05, 3.63) is 89.1 Å². The van der Waals surface area contributed by atoms with Crippen LogP contribution in [0.2, 0.25) is 0 Å². The van der Waals surface area contributed by atoms with E-state index in [2.05, 4.69) is 26.9 Å². The predicted molar refractivity (Wildman–Crippen MR) is 180 cm³/mol. The van der Waals surface area contributed by atoms with Gasteiger partial charge < -0.3 is 19.2 Å². The minimum atomic E-state index is -4.29. The Morgan fingerprint density at radius 3 is 2.54 bits per heavy atom. The van der Waals surface area contributed by atoms with Crippen LogP contribution in [-0.2, 0) is 24.3 Å². The number of carbonyl (C=O) groups is 3. The van der Waals surface area contributed by atoms with Gasteiger partial charge in [-0.1, -0.05) is 37.0 Å². The van der Waals surface area contributed by atoms with Gasteiger partial charge in [-0.2, -0.15) is 0 Å². The quantitative estimate of drug-likeness (QED) is 0.102. The number of hydrogen-bond donors (Lipinski definition) is 3. The molecule has 0 saturated heterocycles. The molecule has 1 aliphatic rings. The predicted octanol–water partition coefficient (Wildman–Crippen LogP) is 6.24. The van der Waals surface area contributed by atoms with Crippen LogP contribution in [-0.4, -0.2) is 51.2 Å². The SMILES string of the molecule is COc1cc(C(=O)NS(=O)(=O)c2ccccc2C#CCCOC(C)=O)ccc1C(C)c1c[nH]c2ccc(NC(=O)OC3CCCC3)cc12. The van der Waals surface area contributed by atoms with E-state index in [9.17, 15) is 22.8 Å². The third-order valence-electron chi connectivity index (χ3n) is 8.12. The van der Waals surface area contributed by atoms with Crippen molar-refractivity contribution in [3.63, 3.8) is 0 Å². The van der Waals surface area contributed by atoms with Gasteiger partial charge in [0.2, 0.25) is 0 Å². The zero-order valence-corrected chi connectivity index (χ0v) is 27.7. The average molecular weight is 672 g/mol. The second-order valence-corrected chi connectivity index (χ2v) is 13.1. The van der Waals surface area contributed by atoms with Crippen molar-refractivity contribution >= 4 is 44.6 Å². The number of benzene rings is 3. The molecule has 1 aromatic heterocycles. The Labute approximate surface area is 279 Å². The van der Waals surface area contributed by atoms with Crippen LogP contribution in [0.3, 0.4) is 0 Å². The number of aromatic nitrogens is 1. The van der Waals surface area contributed by atoms with Crippen LogP contribution >= 0.6 is 0 Å². The fraction of sp³-hybridized carbons (Fsp3) is 0.306. The van der Waals surface area contributed by atoms with Crippen LogP contribution in [0.1, 0.15) is 78.9 Å². The van der Waals surface area contributed by atoms with E-state index < -0.39 is 28.0 Å². The number of aromatic amines is 1. The number of ether oxygens (including phenoxy) is 3. The van der Waals surface area contributed by atoms with Crippen molar-refractivity contribution < 1.29 is 37.0 Å². The number of H-pyrrole nitrogens is 1. The van der Waals surface area contributed by atoms with E-state index in [1.165, 1.54) is 38.3 Å². The summed E-state index contributed by atoms with van der Waals surface area (Å²) in [4.78, 5) is 39.7. The second kappa shape index (κ2) is 15.1. The van der Waals surface area contributed by atoms with E-state index in [1.54, 1.807) is 18.2 Å². The molecule has 0 bridgehead atoms. The number of carbonyl (C=O) groups excluding carboxylic acids is 3. The first kappa shape index (κ1) is 34.1. The smallest absolute Gasteiger partial charge is 0.411 e. The van der Waals surface area contributed by atoms with Gasteiger partial charge in [-0.15, -0.1) is 0 Å². The first-order valence-electron chi connectivity index (χ1n) is 15.6. The number of sulfonamides is 1. The molecule has 5 rings (SSSR count). The Hall–Kier alpha value is -5.28. The van der Waals surface area contributed by atoms with Gasteiger partial charge in [0, 0.05) is 58.7 Å². The lowest BCUT2D eigenvalue weighted by Gasteiger charge is -2.17. The lowest BCUT2D eigenvalue weighted by molar-refractivity contribution is -0.140. The maximum Gasteiger partial charge on any atom is 0.411 e. The molecule has 0 radical (unpaired) electrons. The monoisotopic (exact) mass is 671 g/mol. The summed E-state index contributed by atoms with van der Waals surface area (Å²) in [6.45, 7) is 3.36. The fourth-order valence-corrected chi connectivity index (χ4v) is 6.84. The summed E-state index contributed by atoms with van der Waals surface area (Å²) in [5.41, 5.74) is 3.47. The number of rotatable bonds is 10. The van der Waals surface area contributed by atoms with Crippen LogP contribution in [0, 0.1) is 11.8 Å². The summed E-state index contributed by atoms with van der Waals surface area (Å²) in [7, 11) is -2.81. The number of amides is 2. The topological polar surface area (TPSA) is 153 Å². The summed E-state index contributed by atoms with van der Waals surface area (Å²) >= 11 is 0. The molecule has 4 aromatic rings. The molecule has 12 heteroatoms. The Kier molecular flexibility index (Phi) is 10.7. The lowest BCUT2D eigenvalue weighted by Crippen LogP contribution is -2.31. The van der Waals surface area contributed by atoms with Gasteiger partial charge in [0.05, 0.1) is 7.11 Å². The van der Waals surface area contributed by atoms with Gasteiger partial charge >= 0.3 is 12.1 Å². The molecule has 1 fully saturated rings. The highest BCUT2D eigenvalue weighted by Crippen LogP contribution is 2.37. The van der Waals surface area contributed by atoms with E-state index in [1.807, 2.05) is 31.3 Å². The highest BCUT2D eigenvalue weighted by Gasteiger charge is 2.24. The summed E-state index contributed by atoms with van der Waals surface area (Å²) in [6, 6.07) is 16.4. The van der Waals surface area contributed by atoms with Crippen LogP contribution in [0.4, 0.5) is 10.5 Å². The minimum absolute atomic E-state index is 0.0461. The second-order valence-electron chi connectivity index (χ2n) is 11.4. The third kappa shape index (κ3) is 8.16. The molecule has 1 aliphatic carbocycles. The maximum absolute atomic E-state index is 13.3. The zero-order valence-electron chi connectivity index (χ0n) is 26.9. The number of nitrogens with one attached hydrogen (secondary N) is 3. The van der Waals surface area contributed by atoms with Crippen LogP contribution in [0.5, 0.6) is 5.75 Å². The lowest BCUT2D eigenvalue weighted by atomic mass is 9.91. The summed E-state index contributed by atoms with van der Waals surface area (Å²) < 4.78 is 44.7. The molecule has 2 amide bonds. The van der Waals surface area contributed by atoms with Crippen molar-refractivity contribution in [1.29, 1.82) is 0 Å². The molecule has 1 unspecified atom stereocenters.